The number of benzene rings is 3. The lowest BCUT2D eigenvalue weighted by atomic mass is 10.2. The predicted octanol–water partition coefficient (Wildman–Crippen LogP) is 3.71. The van der Waals surface area contributed by atoms with Gasteiger partial charge in [-0.25, -0.2) is 18.4 Å². The molecule has 2 aromatic heterocycles. The summed E-state index contributed by atoms with van der Waals surface area (Å²) in [4.78, 5) is 15.9. The van der Waals surface area contributed by atoms with E-state index >= 15 is 0 Å². The van der Waals surface area contributed by atoms with E-state index < -0.39 is 15.6 Å². The van der Waals surface area contributed by atoms with Gasteiger partial charge in [0.05, 0.1) is 31.4 Å². The van der Waals surface area contributed by atoms with Crippen molar-refractivity contribution in [1.29, 1.82) is 0 Å². The van der Waals surface area contributed by atoms with Crippen LogP contribution >= 0.6 is 0 Å². The van der Waals surface area contributed by atoms with Crippen molar-refractivity contribution < 1.29 is 27.0 Å². The smallest absolute Gasteiger partial charge is 0.336 e. The molecule has 0 radical (unpaired) electrons. The molecular weight excluding hydrogens is 574 g/mol. The zero-order valence-electron chi connectivity index (χ0n) is 23.3. The fraction of sp³-hybridized carbons (Fsp3) is 0.200. The highest BCUT2D eigenvalue weighted by atomic mass is 32.2. The molecule has 0 bridgehead atoms. The van der Waals surface area contributed by atoms with Crippen LogP contribution in [0.1, 0.15) is 23.2 Å². The van der Waals surface area contributed by atoms with E-state index in [0.717, 1.165) is 16.5 Å². The third-order valence-electron chi connectivity index (χ3n) is 6.31. The number of ether oxygens (including phenoxy) is 3. The van der Waals surface area contributed by atoms with Gasteiger partial charge in [-0.2, -0.15) is 0 Å². The molecule has 0 aliphatic carbocycles. The minimum absolute atomic E-state index is 0.0600. The van der Waals surface area contributed by atoms with Gasteiger partial charge in [-0.1, -0.05) is 17.3 Å². The zero-order valence-corrected chi connectivity index (χ0v) is 24.1. The van der Waals surface area contributed by atoms with E-state index in [1.54, 1.807) is 48.3 Å². The molecule has 222 valence electrons. The zero-order chi connectivity index (χ0) is 30.2. The summed E-state index contributed by atoms with van der Waals surface area (Å²) in [7, 11) is -2.17. The van der Waals surface area contributed by atoms with Crippen LogP contribution in [0.25, 0.3) is 11.0 Å². The van der Waals surface area contributed by atoms with E-state index in [1.165, 1.54) is 18.2 Å². The van der Waals surface area contributed by atoms with Gasteiger partial charge < -0.3 is 18.6 Å². The summed E-state index contributed by atoms with van der Waals surface area (Å²) in [6, 6.07) is 20.2. The molecule has 2 N–H and O–H groups in total. The predicted molar refractivity (Wildman–Crippen MR) is 159 cm³/mol. The van der Waals surface area contributed by atoms with Crippen LogP contribution in [0.5, 0.6) is 17.2 Å². The van der Waals surface area contributed by atoms with Gasteiger partial charge in [-0.05, 0) is 59.7 Å². The molecule has 3 aromatic carbocycles. The molecule has 5 aromatic rings. The molecule has 0 saturated carbocycles. The molecule has 0 atom stereocenters. The van der Waals surface area contributed by atoms with E-state index in [0.29, 0.717) is 54.6 Å². The Bertz CT molecular complexity index is 1900. The highest BCUT2D eigenvalue weighted by molar-refractivity contribution is 7.89. The van der Waals surface area contributed by atoms with Crippen molar-refractivity contribution in [2.75, 3.05) is 13.7 Å². The van der Waals surface area contributed by atoms with E-state index in [4.69, 9.17) is 23.8 Å². The maximum Gasteiger partial charge on any atom is 0.336 e. The lowest BCUT2D eigenvalue weighted by Crippen LogP contribution is -2.11. The highest BCUT2D eigenvalue weighted by Crippen LogP contribution is 2.28. The largest absolute Gasteiger partial charge is 0.493 e. The number of primary sulfonamides is 1. The minimum Gasteiger partial charge on any atom is -0.493 e. The molecule has 43 heavy (non-hydrogen) atoms. The summed E-state index contributed by atoms with van der Waals surface area (Å²) in [6.45, 7) is 1.63. The number of sulfonamides is 1. The van der Waals surface area contributed by atoms with Gasteiger partial charge in [-0.15, -0.1) is 5.10 Å². The topological polar surface area (TPSA) is 161 Å². The Hall–Kier alpha value is -5.01. The summed E-state index contributed by atoms with van der Waals surface area (Å²) in [5, 5.41) is 14.3. The monoisotopic (exact) mass is 603 g/mol. The summed E-state index contributed by atoms with van der Waals surface area (Å²) in [5.41, 5.74) is 2.40. The van der Waals surface area contributed by atoms with Crippen molar-refractivity contribution >= 4 is 27.2 Å². The second kappa shape index (κ2) is 13.3. The Balaban J connectivity index is 1.08. The van der Waals surface area contributed by atoms with Crippen LogP contribution in [0.3, 0.4) is 0 Å². The summed E-state index contributed by atoms with van der Waals surface area (Å²) in [6.07, 6.45) is 4.21. The Morgan fingerprint density at radius 3 is 2.60 bits per heavy atom. The van der Waals surface area contributed by atoms with Crippen LogP contribution in [-0.2, 0) is 29.7 Å². The summed E-state index contributed by atoms with van der Waals surface area (Å²) < 4.78 is 46.9. The Morgan fingerprint density at radius 2 is 1.81 bits per heavy atom. The quantitative estimate of drug-likeness (QED) is 0.120. The fourth-order valence-corrected chi connectivity index (χ4v) is 4.65. The number of nitrogens with zero attached hydrogens (tertiary/aromatic N) is 4. The third-order valence-corrected chi connectivity index (χ3v) is 7.24. The first-order chi connectivity index (χ1) is 20.8. The van der Waals surface area contributed by atoms with Gasteiger partial charge in [0, 0.05) is 36.7 Å². The Kier molecular flexibility index (Phi) is 9.13. The van der Waals surface area contributed by atoms with Crippen molar-refractivity contribution in [3.05, 3.63) is 106 Å². The van der Waals surface area contributed by atoms with Crippen molar-refractivity contribution in [2.24, 2.45) is 10.1 Å². The van der Waals surface area contributed by atoms with Crippen LogP contribution in [0, 0.1) is 0 Å². The van der Waals surface area contributed by atoms with E-state index in [-0.39, 0.29) is 11.5 Å². The number of hydrogen-bond acceptors (Lipinski definition) is 10. The standard InChI is InChI=1S/C30H29N5O7S/c1-39-29-15-22(18-32-17-21-3-9-26(10-4-21)43(31,37)38)5-11-27(29)41-20-24-19-35(34-33-24)13-2-14-40-25-8-6-23-7-12-30(36)42-28(23)16-25/h3-12,15-16,18-19H,2,13-14,17,20H2,1H3,(H2,31,37,38). The number of rotatable bonds is 13. The van der Waals surface area contributed by atoms with Crippen molar-refractivity contribution in [1.82, 2.24) is 15.0 Å². The molecule has 2 heterocycles. The highest BCUT2D eigenvalue weighted by Gasteiger charge is 2.09. The number of aliphatic imine (C=N–C) groups is 1. The lowest BCUT2D eigenvalue weighted by molar-refractivity contribution is 0.280. The Morgan fingerprint density at radius 1 is 1.00 bits per heavy atom. The number of methoxy groups -OCH3 is 1. The summed E-state index contributed by atoms with van der Waals surface area (Å²) >= 11 is 0. The van der Waals surface area contributed by atoms with Crippen LogP contribution in [0.2, 0.25) is 0 Å². The molecule has 0 unspecified atom stereocenters. The summed E-state index contributed by atoms with van der Waals surface area (Å²) in [5.74, 6) is 1.71. The molecule has 0 spiro atoms. The number of nitrogens with two attached hydrogens (primary N) is 1. The molecule has 13 heteroatoms. The first-order valence-corrected chi connectivity index (χ1v) is 14.8. The molecule has 5 rings (SSSR count). The minimum atomic E-state index is -3.72. The van der Waals surface area contributed by atoms with Gasteiger partial charge >= 0.3 is 5.63 Å². The molecule has 0 aliphatic heterocycles. The molecule has 0 amide bonds. The molecule has 12 nitrogen and oxygen atoms in total. The van der Waals surface area contributed by atoms with Gasteiger partial charge in [0.2, 0.25) is 10.0 Å². The van der Waals surface area contributed by atoms with Crippen molar-refractivity contribution in [2.45, 2.75) is 31.0 Å². The number of hydrogen-bond donors (Lipinski definition) is 1. The fourth-order valence-electron chi connectivity index (χ4n) is 4.14. The molecule has 0 aliphatic rings. The maximum atomic E-state index is 11.4. The maximum absolute atomic E-state index is 11.4. The van der Waals surface area contributed by atoms with Crippen molar-refractivity contribution in [3.63, 3.8) is 0 Å². The Labute approximate surface area is 247 Å². The average Bonchev–Trinajstić information content (AvgIpc) is 3.46. The lowest BCUT2D eigenvalue weighted by Gasteiger charge is -2.10. The molecule has 0 saturated heterocycles. The second-order valence-corrected chi connectivity index (χ2v) is 11.0. The average molecular weight is 604 g/mol. The van der Waals surface area contributed by atoms with Crippen molar-refractivity contribution in [3.8, 4) is 17.2 Å². The normalized spacial score (nSPS) is 11.7. The number of aromatic nitrogens is 3. The third kappa shape index (κ3) is 8.05. The van der Waals surface area contributed by atoms with E-state index in [1.807, 2.05) is 30.5 Å². The van der Waals surface area contributed by atoms with Gasteiger partial charge in [0.1, 0.15) is 23.6 Å². The molecular formula is C30H29N5O7S. The second-order valence-electron chi connectivity index (χ2n) is 9.49. The van der Waals surface area contributed by atoms with Crippen LogP contribution in [0.15, 0.2) is 98.1 Å². The molecule has 0 fully saturated rings. The number of aryl methyl sites for hydroxylation is 1. The van der Waals surface area contributed by atoms with Gasteiger partial charge in [0.25, 0.3) is 0 Å². The van der Waals surface area contributed by atoms with Crippen LogP contribution in [0.4, 0.5) is 0 Å². The van der Waals surface area contributed by atoms with Gasteiger partial charge in [0.15, 0.2) is 11.5 Å². The SMILES string of the molecule is COc1cc(C=NCc2ccc(S(N)(=O)=O)cc2)ccc1OCc1cn(CCCOc2ccc3ccc(=O)oc3c2)nn1. The van der Waals surface area contributed by atoms with E-state index in [9.17, 15) is 13.2 Å². The van der Waals surface area contributed by atoms with Crippen LogP contribution < -0.4 is 25.0 Å². The van der Waals surface area contributed by atoms with Crippen LogP contribution in [-0.4, -0.2) is 43.3 Å². The van der Waals surface area contributed by atoms with Gasteiger partial charge in [-0.3, -0.25) is 9.67 Å². The first-order valence-electron chi connectivity index (χ1n) is 13.2. The first kappa shape index (κ1) is 29.5. The number of fused-ring (bicyclic) bond motifs is 1. The van der Waals surface area contributed by atoms with E-state index in [2.05, 4.69) is 15.3 Å².